The van der Waals surface area contributed by atoms with Crippen molar-refractivity contribution in [1.29, 1.82) is 0 Å². The maximum absolute atomic E-state index is 13.0. The number of morpholine rings is 1. The summed E-state index contributed by atoms with van der Waals surface area (Å²) in [5, 5.41) is 3.02. The predicted octanol–water partition coefficient (Wildman–Crippen LogP) is 2.49. The minimum Gasteiger partial charge on any atom is -0.382 e. The third kappa shape index (κ3) is 4.14. The molecule has 0 spiro atoms. The number of hydrogen-bond acceptors (Lipinski definition) is 3. The molecule has 0 radical (unpaired) electrons. The van der Waals surface area contributed by atoms with Crippen LogP contribution in [0.5, 0.6) is 0 Å². The van der Waals surface area contributed by atoms with Gasteiger partial charge < -0.3 is 10.1 Å². The van der Waals surface area contributed by atoms with Gasteiger partial charge in [0.1, 0.15) is 11.6 Å². The van der Waals surface area contributed by atoms with Crippen molar-refractivity contribution in [3.63, 3.8) is 0 Å². The van der Waals surface area contributed by atoms with Crippen molar-refractivity contribution < 1.29 is 13.5 Å². The highest BCUT2D eigenvalue weighted by Gasteiger charge is 2.21. The summed E-state index contributed by atoms with van der Waals surface area (Å²) in [7, 11) is 0. The zero-order valence-electron chi connectivity index (χ0n) is 11.3. The van der Waals surface area contributed by atoms with Crippen molar-refractivity contribution >= 4 is 5.69 Å². The lowest BCUT2D eigenvalue weighted by Gasteiger charge is -2.35. The Balaban J connectivity index is 1.87. The SMILES string of the molecule is CC(C)N1CCOC(CNc2cc(F)cc(F)c2)C1. The number of ether oxygens (including phenoxy) is 1. The fraction of sp³-hybridized carbons (Fsp3) is 0.571. The summed E-state index contributed by atoms with van der Waals surface area (Å²) in [6.07, 6.45) is 0.0440. The van der Waals surface area contributed by atoms with E-state index in [0.717, 1.165) is 19.2 Å². The molecule has 1 N–H and O–H groups in total. The summed E-state index contributed by atoms with van der Waals surface area (Å²) in [5.74, 6) is -1.15. The van der Waals surface area contributed by atoms with Crippen molar-refractivity contribution in [2.75, 3.05) is 31.6 Å². The first-order chi connectivity index (χ1) is 9.04. The maximum Gasteiger partial charge on any atom is 0.128 e. The van der Waals surface area contributed by atoms with E-state index in [0.29, 0.717) is 24.9 Å². The molecule has 1 aliphatic heterocycles. The third-order valence-electron chi connectivity index (χ3n) is 3.30. The molecule has 0 saturated carbocycles. The molecule has 2 rings (SSSR count). The van der Waals surface area contributed by atoms with E-state index in [9.17, 15) is 8.78 Å². The predicted molar refractivity (Wildman–Crippen MR) is 71.3 cm³/mol. The van der Waals surface area contributed by atoms with E-state index in [-0.39, 0.29) is 6.10 Å². The molecule has 3 nitrogen and oxygen atoms in total. The minimum absolute atomic E-state index is 0.0440. The molecule has 106 valence electrons. The van der Waals surface area contributed by atoms with E-state index in [1.165, 1.54) is 12.1 Å². The quantitative estimate of drug-likeness (QED) is 0.909. The normalized spacial score (nSPS) is 20.8. The Morgan fingerprint density at radius 2 is 2.00 bits per heavy atom. The summed E-state index contributed by atoms with van der Waals surface area (Å²) in [6, 6.07) is 3.92. The van der Waals surface area contributed by atoms with Crippen molar-refractivity contribution in [3.05, 3.63) is 29.8 Å². The van der Waals surface area contributed by atoms with E-state index in [1.54, 1.807) is 0 Å². The number of anilines is 1. The van der Waals surface area contributed by atoms with Gasteiger partial charge in [-0.1, -0.05) is 0 Å². The van der Waals surface area contributed by atoms with Crippen molar-refractivity contribution in [1.82, 2.24) is 4.90 Å². The lowest BCUT2D eigenvalue weighted by atomic mass is 10.2. The molecule has 1 aromatic rings. The molecule has 1 fully saturated rings. The standard InChI is InChI=1S/C14H20F2N2O/c1-10(2)18-3-4-19-14(9-18)8-17-13-6-11(15)5-12(16)7-13/h5-7,10,14,17H,3-4,8-9H2,1-2H3. The van der Waals surface area contributed by atoms with Crippen LogP contribution in [0.3, 0.4) is 0 Å². The second kappa shape index (κ2) is 6.30. The summed E-state index contributed by atoms with van der Waals surface area (Å²) >= 11 is 0. The van der Waals surface area contributed by atoms with Gasteiger partial charge in [0, 0.05) is 37.4 Å². The Kier molecular flexibility index (Phi) is 4.71. The van der Waals surface area contributed by atoms with Crippen LogP contribution in [0.15, 0.2) is 18.2 Å². The van der Waals surface area contributed by atoms with Gasteiger partial charge >= 0.3 is 0 Å². The number of nitrogens with one attached hydrogen (secondary N) is 1. The Bertz CT molecular complexity index is 406. The summed E-state index contributed by atoms with van der Waals surface area (Å²) in [6.45, 7) is 7.31. The van der Waals surface area contributed by atoms with E-state index in [1.807, 2.05) is 0 Å². The van der Waals surface area contributed by atoms with Gasteiger partial charge in [0.15, 0.2) is 0 Å². The number of benzene rings is 1. The zero-order valence-corrected chi connectivity index (χ0v) is 11.3. The minimum atomic E-state index is -0.573. The second-order valence-electron chi connectivity index (χ2n) is 5.12. The van der Waals surface area contributed by atoms with Crippen molar-refractivity contribution in [2.24, 2.45) is 0 Å². The van der Waals surface area contributed by atoms with Gasteiger partial charge in [-0.25, -0.2) is 8.78 Å². The van der Waals surface area contributed by atoms with Gasteiger partial charge in [0.25, 0.3) is 0 Å². The van der Waals surface area contributed by atoms with Crippen LogP contribution in [0.4, 0.5) is 14.5 Å². The van der Waals surface area contributed by atoms with Gasteiger partial charge in [-0.2, -0.15) is 0 Å². The summed E-state index contributed by atoms with van der Waals surface area (Å²) in [4.78, 5) is 2.34. The number of rotatable bonds is 4. The smallest absolute Gasteiger partial charge is 0.128 e. The Labute approximate surface area is 112 Å². The van der Waals surface area contributed by atoms with Crippen LogP contribution in [0.1, 0.15) is 13.8 Å². The highest BCUT2D eigenvalue weighted by Crippen LogP contribution is 2.14. The van der Waals surface area contributed by atoms with Crippen LogP contribution < -0.4 is 5.32 Å². The van der Waals surface area contributed by atoms with E-state index < -0.39 is 11.6 Å². The molecule has 1 aromatic carbocycles. The van der Waals surface area contributed by atoms with E-state index >= 15 is 0 Å². The van der Waals surface area contributed by atoms with E-state index in [4.69, 9.17) is 4.74 Å². The lowest BCUT2D eigenvalue weighted by Crippen LogP contribution is -2.48. The number of nitrogens with zero attached hydrogens (tertiary/aromatic N) is 1. The van der Waals surface area contributed by atoms with Crippen LogP contribution in [-0.2, 0) is 4.74 Å². The first-order valence-corrected chi connectivity index (χ1v) is 6.60. The second-order valence-corrected chi connectivity index (χ2v) is 5.12. The van der Waals surface area contributed by atoms with Crippen LogP contribution in [0.2, 0.25) is 0 Å². The number of halogens is 2. The molecular weight excluding hydrogens is 250 g/mol. The average molecular weight is 270 g/mol. The molecule has 0 aliphatic carbocycles. The molecule has 5 heteroatoms. The van der Waals surface area contributed by atoms with Crippen LogP contribution >= 0.6 is 0 Å². The molecule has 1 unspecified atom stereocenters. The lowest BCUT2D eigenvalue weighted by molar-refractivity contribution is -0.0315. The molecule has 1 saturated heterocycles. The summed E-state index contributed by atoms with van der Waals surface area (Å²) in [5.41, 5.74) is 0.447. The Hall–Kier alpha value is -1.20. The molecule has 1 atom stereocenters. The van der Waals surface area contributed by atoms with Gasteiger partial charge in [-0.05, 0) is 26.0 Å². The molecular formula is C14H20F2N2O. The first kappa shape index (κ1) is 14.2. The molecule has 1 aliphatic rings. The molecule has 1 heterocycles. The van der Waals surface area contributed by atoms with E-state index in [2.05, 4.69) is 24.1 Å². The number of hydrogen-bond donors (Lipinski definition) is 1. The molecule has 19 heavy (non-hydrogen) atoms. The van der Waals surface area contributed by atoms with Crippen molar-refractivity contribution in [3.8, 4) is 0 Å². The summed E-state index contributed by atoms with van der Waals surface area (Å²) < 4.78 is 31.7. The fourth-order valence-electron chi connectivity index (χ4n) is 2.22. The highest BCUT2D eigenvalue weighted by molar-refractivity contribution is 5.43. The topological polar surface area (TPSA) is 24.5 Å². The van der Waals surface area contributed by atoms with Crippen LogP contribution in [0.25, 0.3) is 0 Å². The first-order valence-electron chi connectivity index (χ1n) is 6.60. The monoisotopic (exact) mass is 270 g/mol. The average Bonchev–Trinajstić information content (AvgIpc) is 2.35. The van der Waals surface area contributed by atoms with Crippen LogP contribution in [0, 0.1) is 11.6 Å². The Morgan fingerprint density at radius 1 is 1.32 bits per heavy atom. The largest absolute Gasteiger partial charge is 0.382 e. The van der Waals surface area contributed by atoms with Gasteiger partial charge in [0.05, 0.1) is 12.7 Å². The highest BCUT2D eigenvalue weighted by atomic mass is 19.1. The van der Waals surface area contributed by atoms with Crippen molar-refractivity contribution in [2.45, 2.75) is 26.0 Å². The zero-order chi connectivity index (χ0) is 13.8. The Morgan fingerprint density at radius 3 is 2.63 bits per heavy atom. The maximum atomic E-state index is 13.0. The third-order valence-corrected chi connectivity index (χ3v) is 3.30. The molecule has 0 aromatic heterocycles. The van der Waals surface area contributed by atoms with Gasteiger partial charge in [-0.15, -0.1) is 0 Å². The molecule has 0 bridgehead atoms. The van der Waals surface area contributed by atoms with Gasteiger partial charge in [-0.3, -0.25) is 4.90 Å². The van der Waals surface area contributed by atoms with Gasteiger partial charge in [0.2, 0.25) is 0 Å². The fourth-order valence-corrected chi connectivity index (χ4v) is 2.22. The molecule has 0 amide bonds. The van der Waals surface area contributed by atoms with Crippen LogP contribution in [-0.4, -0.2) is 43.3 Å².